The minimum absolute atomic E-state index is 0.100. The van der Waals surface area contributed by atoms with E-state index < -0.39 is 0 Å². The summed E-state index contributed by atoms with van der Waals surface area (Å²) in [7, 11) is 0. The second-order valence-electron chi connectivity index (χ2n) is 5.55. The van der Waals surface area contributed by atoms with Crippen LogP contribution in [0.3, 0.4) is 0 Å². The number of hydrogen-bond acceptors (Lipinski definition) is 2. The van der Waals surface area contributed by atoms with Crippen LogP contribution in [0.2, 0.25) is 5.02 Å². The number of para-hydroxylation sites is 1. The van der Waals surface area contributed by atoms with Crippen LogP contribution in [0.1, 0.15) is 30.9 Å². The van der Waals surface area contributed by atoms with E-state index in [2.05, 4.69) is 29.9 Å². The molecular weight excluding hydrogens is 296 g/mol. The highest BCUT2D eigenvalue weighted by molar-refractivity contribution is 6.31. The first kappa shape index (κ1) is 14.7. The number of hydrogen-bond donors (Lipinski definition) is 2. The number of fused-ring (bicyclic) bond motifs is 1. The first-order chi connectivity index (χ1) is 10.6. The van der Waals surface area contributed by atoms with Gasteiger partial charge in [0.25, 0.3) is 0 Å². The predicted octanol–water partition coefficient (Wildman–Crippen LogP) is 5.40. The number of benzene rings is 2. The second-order valence-corrected chi connectivity index (χ2v) is 5.99. The van der Waals surface area contributed by atoms with Crippen molar-refractivity contribution < 1.29 is 5.11 Å². The van der Waals surface area contributed by atoms with Crippen molar-refractivity contribution in [3.8, 4) is 5.88 Å². The summed E-state index contributed by atoms with van der Waals surface area (Å²) in [5, 5.41) is 11.6. The van der Waals surface area contributed by atoms with E-state index in [1.165, 1.54) is 5.56 Å². The molecule has 0 saturated carbocycles. The molecule has 3 rings (SSSR count). The number of aromatic nitrogens is 1. The summed E-state index contributed by atoms with van der Waals surface area (Å²) in [5.41, 5.74) is 3.57. The fourth-order valence-electron chi connectivity index (χ4n) is 2.53. The topological polar surface area (TPSA) is 48.4 Å². The van der Waals surface area contributed by atoms with E-state index in [4.69, 9.17) is 11.6 Å². The third kappa shape index (κ3) is 2.72. The van der Waals surface area contributed by atoms with E-state index in [0.717, 1.165) is 16.6 Å². The number of rotatable bonds is 3. The smallest absolute Gasteiger partial charge is 0.198 e. The van der Waals surface area contributed by atoms with E-state index >= 15 is 0 Å². The summed E-state index contributed by atoms with van der Waals surface area (Å²) in [4.78, 5) is 7.50. The number of aromatic amines is 1. The Morgan fingerprint density at radius 3 is 2.73 bits per heavy atom. The normalized spacial score (nSPS) is 11.8. The molecule has 0 bridgehead atoms. The van der Waals surface area contributed by atoms with E-state index in [1.807, 2.05) is 30.3 Å². The molecule has 3 aromatic rings. The van der Waals surface area contributed by atoms with Crippen LogP contribution >= 0.6 is 11.6 Å². The molecule has 0 atom stereocenters. The highest BCUT2D eigenvalue weighted by atomic mass is 35.5. The van der Waals surface area contributed by atoms with Gasteiger partial charge in [-0.1, -0.05) is 43.6 Å². The first-order valence-electron chi connectivity index (χ1n) is 7.19. The molecular formula is C18H17ClN2O. The van der Waals surface area contributed by atoms with Crippen LogP contribution in [0.15, 0.2) is 47.5 Å². The van der Waals surface area contributed by atoms with E-state index in [1.54, 1.807) is 12.3 Å². The summed E-state index contributed by atoms with van der Waals surface area (Å²) in [6, 6.07) is 13.5. The Morgan fingerprint density at radius 1 is 1.18 bits per heavy atom. The van der Waals surface area contributed by atoms with Crippen molar-refractivity contribution in [3.63, 3.8) is 0 Å². The Hall–Kier alpha value is -2.26. The number of aromatic hydroxyl groups is 1. The molecule has 1 aromatic heterocycles. The van der Waals surface area contributed by atoms with Crippen LogP contribution in [-0.4, -0.2) is 16.3 Å². The minimum Gasteiger partial charge on any atom is -0.494 e. The fourth-order valence-corrected chi connectivity index (χ4v) is 2.70. The molecule has 0 aliphatic heterocycles. The lowest BCUT2D eigenvalue weighted by atomic mass is 10.0. The summed E-state index contributed by atoms with van der Waals surface area (Å²) >= 11 is 6.04. The van der Waals surface area contributed by atoms with Crippen molar-refractivity contribution in [1.29, 1.82) is 0 Å². The van der Waals surface area contributed by atoms with Crippen LogP contribution < -0.4 is 0 Å². The molecule has 0 fully saturated rings. The zero-order chi connectivity index (χ0) is 15.7. The molecule has 3 nitrogen and oxygen atoms in total. The molecule has 0 amide bonds. The molecule has 0 unspecified atom stereocenters. The van der Waals surface area contributed by atoms with Crippen molar-refractivity contribution in [2.45, 2.75) is 19.8 Å². The van der Waals surface area contributed by atoms with Crippen molar-refractivity contribution in [2.75, 3.05) is 0 Å². The Bertz CT molecular complexity index is 849. The first-order valence-corrected chi connectivity index (χ1v) is 7.57. The molecule has 0 aliphatic rings. The van der Waals surface area contributed by atoms with Gasteiger partial charge in [-0.25, -0.2) is 0 Å². The fraction of sp³-hybridized carbons (Fsp3) is 0.167. The Morgan fingerprint density at radius 2 is 1.95 bits per heavy atom. The van der Waals surface area contributed by atoms with Crippen molar-refractivity contribution in [2.24, 2.45) is 4.99 Å². The number of nitrogens with zero attached hydrogens (tertiary/aromatic N) is 1. The maximum Gasteiger partial charge on any atom is 0.198 e. The quantitative estimate of drug-likeness (QED) is 0.625. The van der Waals surface area contributed by atoms with Gasteiger partial charge in [0.15, 0.2) is 5.88 Å². The number of halogens is 1. The van der Waals surface area contributed by atoms with Crippen LogP contribution in [0.25, 0.3) is 10.9 Å². The molecule has 4 heteroatoms. The molecule has 2 aromatic carbocycles. The molecule has 1 heterocycles. The molecule has 0 spiro atoms. The average molecular weight is 313 g/mol. The Labute approximate surface area is 134 Å². The monoisotopic (exact) mass is 312 g/mol. The maximum atomic E-state index is 10.1. The summed E-state index contributed by atoms with van der Waals surface area (Å²) < 4.78 is 0. The van der Waals surface area contributed by atoms with Crippen LogP contribution in [0, 0.1) is 0 Å². The molecule has 0 saturated heterocycles. The Kier molecular flexibility index (Phi) is 3.90. The van der Waals surface area contributed by atoms with Crippen molar-refractivity contribution >= 4 is 34.4 Å². The predicted molar refractivity (Wildman–Crippen MR) is 92.8 cm³/mol. The zero-order valence-corrected chi connectivity index (χ0v) is 13.2. The zero-order valence-electron chi connectivity index (χ0n) is 12.5. The summed E-state index contributed by atoms with van der Waals surface area (Å²) in [6.45, 7) is 4.27. The van der Waals surface area contributed by atoms with E-state index in [9.17, 15) is 5.11 Å². The number of nitrogens with one attached hydrogen (secondary N) is 1. The number of H-pyrrole nitrogens is 1. The summed E-state index contributed by atoms with van der Waals surface area (Å²) in [6.07, 6.45) is 1.69. The van der Waals surface area contributed by atoms with Crippen molar-refractivity contribution in [1.82, 2.24) is 4.98 Å². The molecule has 0 radical (unpaired) electrons. The van der Waals surface area contributed by atoms with Crippen LogP contribution in [-0.2, 0) is 0 Å². The molecule has 112 valence electrons. The summed E-state index contributed by atoms with van der Waals surface area (Å²) in [5.74, 6) is 0.488. The van der Waals surface area contributed by atoms with Gasteiger partial charge in [0, 0.05) is 22.1 Å². The minimum atomic E-state index is 0.100. The molecule has 0 aliphatic carbocycles. The van der Waals surface area contributed by atoms with Gasteiger partial charge in [0.1, 0.15) is 0 Å². The SMILES string of the molecule is CC(C)c1ccccc1N=Cc1c(O)[nH]c2ccc(Cl)cc12. The average Bonchev–Trinajstić information content (AvgIpc) is 2.80. The van der Waals surface area contributed by atoms with Gasteiger partial charge < -0.3 is 10.1 Å². The highest BCUT2D eigenvalue weighted by Crippen LogP contribution is 2.30. The van der Waals surface area contributed by atoms with Gasteiger partial charge in [-0.2, -0.15) is 0 Å². The van der Waals surface area contributed by atoms with E-state index in [0.29, 0.717) is 16.5 Å². The van der Waals surface area contributed by atoms with Crippen LogP contribution in [0.5, 0.6) is 5.88 Å². The van der Waals surface area contributed by atoms with E-state index in [-0.39, 0.29) is 5.88 Å². The lowest BCUT2D eigenvalue weighted by Crippen LogP contribution is -1.88. The van der Waals surface area contributed by atoms with Gasteiger partial charge in [-0.15, -0.1) is 0 Å². The maximum absolute atomic E-state index is 10.1. The van der Waals surface area contributed by atoms with Gasteiger partial charge in [-0.05, 0) is 35.7 Å². The van der Waals surface area contributed by atoms with Gasteiger partial charge >= 0.3 is 0 Å². The largest absolute Gasteiger partial charge is 0.494 e. The van der Waals surface area contributed by atoms with Crippen LogP contribution in [0.4, 0.5) is 5.69 Å². The number of aliphatic imine (C=N–C) groups is 1. The Balaban J connectivity index is 2.07. The molecule has 22 heavy (non-hydrogen) atoms. The third-order valence-corrected chi connectivity index (χ3v) is 3.91. The van der Waals surface area contributed by atoms with Gasteiger partial charge in [0.05, 0.1) is 11.3 Å². The standard InChI is InChI=1S/C18H17ClN2O/c1-11(2)13-5-3-4-6-16(13)20-10-15-14-9-12(19)7-8-17(14)21-18(15)22/h3-11,21-22H,1-2H3. The van der Waals surface area contributed by atoms with Gasteiger partial charge in [-0.3, -0.25) is 4.99 Å². The highest BCUT2D eigenvalue weighted by Gasteiger charge is 2.10. The lowest BCUT2D eigenvalue weighted by Gasteiger charge is -2.08. The third-order valence-electron chi connectivity index (χ3n) is 3.67. The van der Waals surface area contributed by atoms with Crippen molar-refractivity contribution in [3.05, 3.63) is 58.6 Å². The molecule has 2 N–H and O–H groups in total. The van der Waals surface area contributed by atoms with Gasteiger partial charge in [0.2, 0.25) is 0 Å². The lowest BCUT2D eigenvalue weighted by molar-refractivity contribution is 0.457. The second kappa shape index (κ2) is 5.85.